The van der Waals surface area contributed by atoms with Crippen LogP contribution in [0.2, 0.25) is 0 Å². The maximum absolute atomic E-state index is 9.29. The summed E-state index contributed by atoms with van der Waals surface area (Å²) in [4.78, 5) is 2.33. The van der Waals surface area contributed by atoms with Gasteiger partial charge in [-0.3, -0.25) is 4.90 Å². The van der Waals surface area contributed by atoms with Crippen molar-refractivity contribution in [2.45, 2.75) is 13.8 Å². The third-order valence-electron chi connectivity index (χ3n) is 3.06. The molecule has 0 amide bonds. The number of nitrogens with zero attached hydrogens (tertiary/aromatic N) is 1. The second-order valence-electron chi connectivity index (χ2n) is 4.40. The van der Waals surface area contributed by atoms with Crippen LogP contribution in [0.1, 0.15) is 13.8 Å². The molecule has 0 aromatic rings. The predicted octanol–water partition coefficient (Wildman–Crippen LogP) is 1.85. The molecule has 1 heterocycles. The Morgan fingerprint density at radius 1 is 1.77 bits per heavy atom. The van der Waals surface area contributed by atoms with Gasteiger partial charge in [0.15, 0.2) is 0 Å². The molecule has 3 heteroatoms. The molecule has 1 rings (SSSR count). The molecule has 0 bridgehead atoms. The van der Waals surface area contributed by atoms with Gasteiger partial charge < -0.3 is 5.11 Å². The molecule has 0 aliphatic carbocycles. The van der Waals surface area contributed by atoms with Gasteiger partial charge in [-0.25, -0.2) is 0 Å². The van der Waals surface area contributed by atoms with Gasteiger partial charge >= 0.3 is 0 Å². The molecule has 0 saturated carbocycles. The van der Waals surface area contributed by atoms with Crippen LogP contribution in [0.15, 0.2) is 11.1 Å². The molecular formula is C10H18BrNO. The standard InChI is InChI=1S/C10H18BrNO/c1-8-4-12(5-9(2)11)6-10(8,3)7-13/h8,13H,2,4-7H2,1,3H3. The summed E-state index contributed by atoms with van der Waals surface area (Å²) in [6.07, 6.45) is 0. The highest BCUT2D eigenvalue weighted by molar-refractivity contribution is 9.11. The highest BCUT2D eigenvalue weighted by Crippen LogP contribution is 2.35. The smallest absolute Gasteiger partial charge is 0.0500 e. The maximum atomic E-state index is 9.29. The molecule has 76 valence electrons. The van der Waals surface area contributed by atoms with Gasteiger partial charge in [0.2, 0.25) is 0 Å². The number of halogens is 1. The topological polar surface area (TPSA) is 23.5 Å². The van der Waals surface area contributed by atoms with Gasteiger partial charge in [0.05, 0.1) is 0 Å². The molecule has 0 radical (unpaired) electrons. The van der Waals surface area contributed by atoms with Crippen molar-refractivity contribution < 1.29 is 5.11 Å². The Kier molecular flexibility index (Phi) is 3.55. The number of hydrogen-bond donors (Lipinski definition) is 1. The van der Waals surface area contributed by atoms with E-state index in [9.17, 15) is 5.11 Å². The molecule has 2 atom stereocenters. The van der Waals surface area contributed by atoms with E-state index in [-0.39, 0.29) is 12.0 Å². The minimum atomic E-state index is 0.0719. The zero-order valence-electron chi connectivity index (χ0n) is 8.39. The molecule has 2 unspecified atom stereocenters. The van der Waals surface area contributed by atoms with Gasteiger partial charge in [-0.2, -0.15) is 0 Å². The van der Waals surface area contributed by atoms with Crippen LogP contribution in [-0.2, 0) is 0 Å². The van der Waals surface area contributed by atoms with Crippen LogP contribution >= 0.6 is 15.9 Å². The summed E-state index contributed by atoms with van der Waals surface area (Å²) in [5.41, 5.74) is 0.0719. The van der Waals surface area contributed by atoms with Crippen molar-refractivity contribution in [3.8, 4) is 0 Å². The van der Waals surface area contributed by atoms with E-state index in [4.69, 9.17) is 0 Å². The van der Waals surface area contributed by atoms with Crippen molar-refractivity contribution in [1.29, 1.82) is 0 Å². The minimum Gasteiger partial charge on any atom is -0.396 e. The van der Waals surface area contributed by atoms with Crippen LogP contribution in [0.3, 0.4) is 0 Å². The van der Waals surface area contributed by atoms with Crippen molar-refractivity contribution >= 4 is 15.9 Å². The lowest BCUT2D eigenvalue weighted by molar-refractivity contribution is 0.118. The van der Waals surface area contributed by atoms with Gasteiger partial charge in [0.25, 0.3) is 0 Å². The lowest BCUT2D eigenvalue weighted by atomic mass is 9.82. The third kappa shape index (κ3) is 2.55. The van der Waals surface area contributed by atoms with E-state index < -0.39 is 0 Å². The van der Waals surface area contributed by atoms with Crippen LogP contribution in [-0.4, -0.2) is 36.2 Å². The van der Waals surface area contributed by atoms with Gasteiger partial charge in [0, 0.05) is 36.1 Å². The van der Waals surface area contributed by atoms with E-state index in [1.807, 2.05) is 0 Å². The number of hydrogen-bond acceptors (Lipinski definition) is 2. The predicted molar refractivity (Wildman–Crippen MR) is 58.9 cm³/mol. The normalized spacial score (nSPS) is 35.2. The molecule has 1 saturated heterocycles. The first-order chi connectivity index (χ1) is 5.98. The SMILES string of the molecule is C=C(Br)CN1CC(C)C(C)(CO)C1. The molecule has 1 aliphatic heterocycles. The first-order valence-electron chi connectivity index (χ1n) is 4.64. The van der Waals surface area contributed by atoms with E-state index in [1.165, 1.54) is 0 Å². The number of rotatable bonds is 3. The second kappa shape index (κ2) is 4.11. The van der Waals surface area contributed by atoms with E-state index in [0.29, 0.717) is 5.92 Å². The fraction of sp³-hybridized carbons (Fsp3) is 0.800. The Balaban J connectivity index is 2.54. The van der Waals surface area contributed by atoms with Crippen LogP contribution in [0.25, 0.3) is 0 Å². The first-order valence-corrected chi connectivity index (χ1v) is 5.44. The van der Waals surface area contributed by atoms with Crippen molar-refractivity contribution in [2.24, 2.45) is 11.3 Å². The van der Waals surface area contributed by atoms with Crippen LogP contribution in [0, 0.1) is 11.3 Å². The Morgan fingerprint density at radius 2 is 2.38 bits per heavy atom. The fourth-order valence-corrected chi connectivity index (χ4v) is 2.26. The summed E-state index contributed by atoms with van der Waals surface area (Å²) in [7, 11) is 0. The molecule has 1 fully saturated rings. The quantitative estimate of drug-likeness (QED) is 0.823. The Morgan fingerprint density at radius 3 is 2.77 bits per heavy atom. The highest BCUT2D eigenvalue weighted by atomic mass is 79.9. The van der Waals surface area contributed by atoms with E-state index in [1.54, 1.807) is 0 Å². The monoisotopic (exact) mass is 247 g/mol. The molecule has 2 nitrogen and oxygen atoms in total. The summed E-state index contributed by atoms with van der Waals surface area (Å²) >= 11 is 3.37. The summed E-state index contributed by atoms with van der Waals surface area (Å²) < 4.78 is 1.02. The van der Waals surface area contributed by atoms with Gasteiger partial charge in [-0.15, -0.1) is 0 Å². The molecule has 0 spiro atoms. The van der Waals surface area contributed by atoms with Crippen LogP contribution in [0.5, 0.6) is 0 Å². The summed E-state index contributed by atoms with van der Waals surface area (Å²) in [6, 6.07) is 0. The highest BCUT2D eigenvalue weighted by Gasteiger charge is 2.39. The van der Waals surface area contributed by atoms with Crippen molar-refractivity contribution in [3.63, 3.8) is 0 Å². The average molecular weight is 248 g/mol. The lowest BCUT2D eigenvalue weighted by Gasteiger charge is -2.25. The molecule has 0 aromatic heterocycles. The van der Waals surface area contributed by atoms with E-state index >= 15 is 0 Å². The summed E-state index contributed by atoms with van der Waals surface area (Å²) in [5, 5.41) is 9.29. The van der Waals surface area contributed by atoms with E-state index in [0.717, 1.165) is 24.1 Å². The number of aliphatic hydroxyl groups excluding tert-OH is 1. The largest absolute Gasteiger partial charge is 0.396 e. The van der Waals surface area contributed by atoms with Crippen molar-refractivity contribution in [3.05, 3.63) is 11.1 Å². The Labute approximate surface area is 88.7 Å². The zero-order valence-corrected chi connectivity index (χ0v) is 9.97. The summed E-state index contributed by atoms with van der Waals surface area (Å²) in [5.74, 6) is 0.560. The zero-order chi connectivity index (χ0) is 10.1. The fourth-order valence-electron chi connectivity index (χ4n) is 1.91. The molecule has 1 aliphatic rings. The van der Waals surface area contributed by atoms with Crippen molar-refractivity contribution in [1.82, 2.24) is 4.90 Å². The van der Waals surface area contributed by atoms with Gasteiger partial charge in [0.1, 0.15) is 0 Å². The Hall–Kier alpha value is 0.140. The third-order valence-corrected chi connectivity index (χ3v) is 3.31. The minimum absolute atomic E-state index is 0.0719. The Bertz CT molecular complexity index is 207. The van der Waals surface area contributed by atoms with Crippen molar-refractivity contribution in [2.75, 3.05) is 26.2 Å². The summed E-state index contributed by atoms with van der Waals surface area (Å²) in [6.45, 7) is 11.4. The molecular weight excluding hydrogens is 230 g/mol. The second-order valence-corrected chi connectivity index (χ2v) is 5.52. The van der Waals surface area contributed by atoms with Crippen LogP contribution in [0.4, 0.5) is 0 Å². The van der Waals surface area contributed by atoms with Gasteiger partial charge in [-0.1, -0.05) is 36.4 Å². The average Bonchev–Trinajstić information content (AvgIpc) is 2.27. The molecule has 1 N–H and O–H groups in total. The number of aliphatic hydroxyl groups is 1. The van der Waals surface area contributed by atoms with Gasteiger partial charge in [-0.05, 0) is 5.92 Å². The first kappa shape index (κ1) is 11.2. The molecule has 13 heavy (non-hydrogen) atoms. The molecule has 0 aromatic carbocycles. The van der Waals surface area contributed by atoms with Crippen LogP contribution < -0.4 is 0 Å². The number of likely N-dealkylation sites (tertiary alicyclic amines) is 1. The van der Waals surface area contributed by atoms with E-state index in [2.05, 4.69) is 41.3 Å². The lowest BCUT2D eigenvalue weighted by Crippen LogP contribution is -2.30. The maximum Gasteiger partial charge on any atom is 0.0500 e.